The van der Waals surface area contributed by atoms with Gasteiger partial charge in [-0.1, -0.05) is 35.5 Å². The summed E-state index contributed by atoms with van der Waals surface area (Å²) in [4.78, 5) is 2.48. The van der Waals surface area contributed by atoms with Crippen LogP contribution in [0.1, 0.15) is 11.1 Å². The van der Waals surface area contributed by atoms with Crippen molar-refractivity contribution in [3.05, 3.63) is 53.6 Å². The monoisotopic (exact) mass is 229 g/mol. The normalized spacial score (nSPS) is 10.4. The Morgan fingerprint density at radius 2 is 1.62 bits per heavy atom. The molecular formula is C14H15NS. The first-order valence-electron chi connectivity index (χ1n) is 5.26. The summed E-state index contributed by atoms with van der Waals surface area (Å²) >= 11 is 1.76. The van der Waals surface area contributed by atoms with E-state index in [2.05, 4.69) is 44.2 Å². The highest BCUT2D eigenvalue weighted by atomic mass is 32.2. The molecule has 2 rings (SSSR count). The Kier molecular flexibility index (Phi) is 3.20. The van der Waals surface area contributed by atoms with E-state index in [0.717, 1.165) is 5.69 Å². The van der Waals surface area contributed by atoms with Gasteiger partial charge in [0.05, 0.1) is 0 Å². The summed E-state index contributed by atoms with van der Waals surface area (Å²) in [5, 5.41) is 0. The van der Waals surface area contributed by atoms with Crippen molar-refractivity contribution in [2.24, 2.45) is 0 Å². The topological polar surface area (TPSA) is 26.0 Å². The highest BCUT2D eigenvalue weighted by Crippen LogP contribution is 2.31. The summed E-state index contributed by atoms with van der Waals surface area (Å²) in [5.41, 5.74) is 9.16. The maximum Gasteiger partial charge on any atom is 0.0325 e. The van der Waals surface area contributed by atoms with E-state index in [-0.39, 0.29) is 0 Å². The molecule has 0 bridgehead atoms. The van der Waals surface area contributed by atoms with Crippen LogP contribution < -0.4 is 5.73 Å². The van der Waals surface area contributed by atoms with Crippen LogP contribution in [0.3, 0.4) is 0 Å². The van der Waals surface area contributed by atoms with Crippen LogP contribution in [-0.4, -0.2) is 0 Å². The fourth-order valence-electron chi connectivity index (χ4n) is 1.46. The van der Waals surface area contributed by atoms with Gasteiger partial charge < -0.3 is 5.73 Å². The minimum Gasteiger partial charge on any atom is -0.399 e. The molecule has 2 heteroatoms. The zero-order valence-electron chi connectivity index (χ0n) is 9.53. The molecule has 0 radical (unpaired) electrons. The zero-order valence-corrected chi connectivity index (χ0v) is 10.3. The summed E-state index contributed by atoms with van der Waals surface area (Å²) in [5.74, 6) is 0. The minimum atomic E-state index is 0.820. The van der Waals surface area contributed by atoms with Crippen LogP contribution in [0.25, 0.3) is 0 Å². The summed E-state index contributed by atoms with van der Waals surface area (Å²) in [6.45, 7) is 4.20. The molecule has 0 amide bonds. The Hall–Kier alpha value is -1.41. The molecule has 0 fully saturated rings. The highest BCUT2D eigenvalue weighted by Gasteiger charge is 2.01. The minimum absolute atomic E-state index is 0.820. The molecule has 16 heavy (non-hydrogen) atoms. The summed E-state index contributed by atoms with van der Waals surface area (Å²) < 4.78 is 0. The lowest BCUT2D eigenvalue weighted by Gasteiger charge is -2.06. The smallest absolute Gasteiger partial charge is 0.0325 e. The number of aryl methyl sites for hydroxylation is 2. The van der Waals surface area contributed by atoms with Gasteiger partial charge in [0.1, 0.15) is 0 Å². The summed E-state index contributed by atoms with van der Waals surface area (Å²) in [6, 6.07) is 14.6. The fraction of sp³-hybridized carbons (Fsp3) is 0.143. The van der Waals surface area contributed by atoms with Gasteiger partial charge in [0.2, 0.25) is 0 Å². The standard InChI is InChI=1S/C14H15NS/c1-10-3-7-13(8-4-10)16-14-9-12(15)6-5-11(14)2/h3-9H,15H2,1-2H3. The largest absolute Gasteiger partial charge is 0.399 e. The van der Waals surface area contributed by atoms with Gasteiger partial charge in [-0.3, -0.25) is 0 Å². The Balaban J connectivity index is 2.26. The lowest BCUT2D eigenvalue weighted by atomic mass is 10.2. The first kappa shape index (κ1) is 11.1. The molecule has 2 N–H and O–H groups in total. The van der Waals surface area contributed by atoms with Gasteiger partial charge in [-0.25, -0.2) is 0 Å². The molecule has 0 atom stereocenters. The molecule has 0 unspecified atom stereocenters. The van der Waals surface area contributed by atoms with Gasteiger partial charge >= 0.3 is 0 Å². The molecule has 0 aromatic heterocycles. The lowest BCUT2D eigenvalue weighted by molar-refractivity contribution is 1.29. The zero-order chi connectivity index (χ0) is 11.5. The van der Waals surface area contributed by atoms with Crippen molar-refractivity contribution in [2.75, 3.05) is 5.73 Å². The molecule has 0 aliphatic rings. The van der Waals surface area contributed by atoms with Crippen molar-refractivity contribution in [1.82, 2.24) is 0 Å². The number of nitrogen functional groups attached to an aromatic ring is 1. The van der Waals surface area contributed by atoms with E-state index in [1.54, 1.807) is 11.8 Å². The number of anilines is 1. The molecule has 0 spiro atoms. The summed E-state index contributed by atoms with van der Waals surface area (Å²) in [7, 11) is 0. The number of hydrogen-bond acceptors (Lipinski definition) is 2. The van der Waals surface area contributed by atoms with Crippen LogP contribution in [-0.2, 0) is 0 Å². The number of nitrogens with two attached hydrogens (primary N) is 1. The van der Waals surface area contributed by atoms with E-state index in [9.17, 15) is 0 Å². The maximum absolute atomic E-state index is 5.79. The quantitative estimate of drug-likeness (QED) is 0.787. The SMILES string of the molecule is Cc1ccc(Sc2cc(N)ccc2C)cc1. The number of rotatable bonds is 2. The Morgan fingerprint density at radius 3 is 2.31 bits per heavy atom. The maximum atomic E-state index is 5.79. The van der Waals surface area contributed by atoms with Crippen LogP contribution in [0, 0.1) is 13.8 Å². The lowest BCUT2D eigenvalue weighted by Crippen LogP contribution is -1.87. The second-order valence-electron chi connectivity index (χ2n) is 3.94. The molecule has 1 nitrogen and oxygen atoms in total. The third kappa shape index (κ3) is 2.58. The number of hydrogen-bond donors (Lipinski definition) is 1. The van der Waals surface area contributed by atoms with Crippen LogP contribution >= 0.6 is 11.8 Å². The molecule has 82 valence electrons. The van der Waals surface area contributed by atoms with Gasteiger partial charge in [-0.15, -0.1) is 0 Å². The predicted octanol–water partition coefficient (Wildman–Crippen LogP) is 4.04. The molecule has 0 heterocycles. The molecule has 0 aliphatic carbocycles. The Morgan fingerprint density at radius 1 is 0.938 bits per heavy atom. The van der Waals surface area contributed by atoms with E-state index < -0.39 is 0 Å². The van der Waals surface area contributed by atoms with Crippen LogP contribution in [0.4, 0.5) is 5.69 Å². The van der Waals surface area contributed by atoms with E-state index >= 15 is 0 Å². The van der Waals surface area contributed by atoms with Gasteiger partial charge in [-0.2, -0.15) is 0 Å². The van der Waals surface area contributed by atoms with Crippen molar-refractivity contribution < 1.29 is 0 Å². The molecule has 2 aromatic carbocycles. The first-order valence-corrected chi connectivity index (χ1v) is 6.07. The van der Waals surface area contributed by atoms with Gasteiger partial charge in [0.25, 0.3) is 0 Å². The van der Waals surface area contributed by atoms with Crippen LogP contribution in [0.5, 0.6) is 0 Å². The molecule has 0 aliphatic heterocycles. The fourth-order valence-corrected chi connectivity index (χ4v) is 2.41. The van der Waals surface area contributed by atoms with Crippen molar-refractivity contribution >= 4 is 17.4 Å². The van der Waals surface area contributed by atoms with E-state index in [0.29, 0.717) is 0 Å². The third-order valence-electron chi connectivity index (χ3n) is 2.46. The first-order chi connectivity index (χ1) is 7.65. The molecule has 0 saturated heterocycles. The second kappa shape index (κ2) is 4.62. The number of benzene rings is 2. The molecular weight excluding hydrogens is 214 g/mol. The van der Waals surface area contributed by atoms with Crippen molar-refractivity contribution in [1.29, 1.82) is 0 Å². The highest BCUT2D eigenvalue weighted by molar-refractivity contribution is 7.99. The van der Waals surface area contributed by atoms with Crippen molar-refractivity contribution in [3.63, 3.8) is 0 Å². The van der Waals surface area contributed by atoms with Gasteiger partial charge in [-0.05, 0) is 43.7 Å². The average Bonchev–Trinajstić information content (AvgIpc) is 2.27. The van der Waals surface area contributed by atoms with E-state index in [4.69, 9.17) is 5.73 Å². The molecule has 0 saturated carbocycles. The van der Waals surface area contributed by atoms with Crippen molar-refractivity contribution in [3.8, 4) is 0 Å². The third-order valence-corrected chi connectivity index (χ3v) is 3.63. The Labute approximate surface area is 101 Å². The van der Waals surface area contributed by atoms with Gasteiger partial charge in [0, 0.05) is 15.5 Å². The van der Waals surface area contributed by atoms with Crippen LogP contribution in [0.15, 0.2) is 52.3 Å². The Bertz CT molecular complexity index is 489. The molecule has 2 aromatic rings. The predicted molar refractivity (Wildman–Crippen MR) is 70.9 cm³/mol. The van der Waals surface area contributed by atoms with E-state index in [1.807, 2.05) is 12.1 Å². The van der Waals surface area contributed by atoms with E-state index in [1.165, 1.54) is 20.9 Å². The van der Waals surface area contributed by atoms with Crippen LogP contribution in [0.2, 0.25) is 0 Å². The average molecular weight is 229 g/mol. The van der Waals surface area contributed by atoms with Gasteiger partial charge in [0.15, 0.2) is 0 Å². The second-order valence-corrected chi connectivity index (χ2v) is 5.06. The van der Waals surface area contributed by atoms with Crippen molar-refractivity contribution in [2.45, 2.75) is 23.6 Å². The summed E-state index contributed by atoms with van der Waals surface area (Å²) in [6.07, 6.45) is 0.